The molecule has 0 saturated heterocycles. The van der Waals surface area contributed by atoms with Gasteiger partial charge < -0.3 is 19.9 Å². The van der Waals surface area contributed by atoms with Crippen LogP contribution in [0.2, 0.25) is 0 Å². The maximum absolute atomic E-state index is 11.8. The summed E-state index contributed by atoms with van der Waals surface area (Å²) < 4.78 is 11.1. The van der Waals surface area contributed by atoms with Crippen molar-refractivity contribution in [2.45, 2.75) is 45.8 Å². The maximum Gasteiger partial charge on any atom is 0.407 e. The van der Waals surface area contributed by atoms with E-state index in [1.54, 1.807) is 32.9 Å². The fraction of sp³-hybridized carbons (Fsp3) is 0.400. The van der Waals surface area contributed by atoms with Crippen LogP contribution >= 0.6 is 0 Å². The van der Waals surface area contributed by atoms with E-state index in [1.165, 1.54) is 0 Å². The third-order valence-corrected chi connectivity index (χ3v) is 3.70. The monoisotopic (exact) mass is 359 g/mol. The first kappa shape index (κ1) is 19.6. The van der Waals surface area contributed by atoms with Crippen LogP contribution < -0.4 is 10.1 Å². The summed E-state index contributed by atoms with van der Waals surface area (Å²) in [5, 5.41) is 13.9. The van der Waals surface area contributed by atoms with Gasteiger partial charge in [0.15, 0.2) is 0 Å². The van der Waals surface area contributed by atoms with Crippen molar-refractivity contribution in [1.29, 1.82) is 0 Å². The van der Waals surface area contributed by atoms with Gasteiger partial charge in [-0.05, 0) is 50.1 Å². The molecule has 26 heavy (non-hydrogen) atoms. The van der Waals surface area contributed by atoms with Gasteiger partial charge in [-0.2, -0.15) is 0 Å². The zero-order chi connectivity index (χ0) is 19.3. The average molecular weight is 359 g/mol. The zero-order valence-corrected chi connectivity index (χ0v) is 15.5. The van der Waals surface area contributed by atoms with Crippen LogP contribution in [0.1, 0.15) is 44.5 Å². The second-order valence-corrected chi connectivity index (χ2v) is 7.03. The minimum absolute atomic E-state index is 0.0967. The fourth-order valence-electron chi connectivity index (χ4n) is 2.44. The Kier molecular flexibility index (Phi) is 6.08. The second-order valence-electron chi connectivity index (χ2n) is 7.03. The number of carboxylic acid groups (broad SMARTS) is 1. The predicted molar refractivity (Wildman–Crippen MR) is 99.9 cm³/mol. The molecule has 0 heterocycles. The summed E-state index contributed by atoms with van der Waals surface area (Å²) in [5.41, 5.74) is -0.485. The van der Waals surface area contributed by atoms with E-state index in [-0.39, 0.29) is 24.0 Å². The summed E-state index contributed by atoms with van der Waals surface area (Å²) in [6, 6.07) is 10.8. The van der Waals surface area contributed by atoms with Gasteiger partial charge in [-0.1, -0.05) is 31.2 Å². The Morgan fingerprint density at radius 2 is 1.77 bits per heavy atom. The van der Waals surface area contributed by atoms with Gasteiger partial charge >= 0.3 is 12.1 Å². The number of hydrogen-bond donors (Lipinski definition) is 2. The van der Waals surface area contributed by atoms with Crippen LogP contribution in [0.3, 0.4) is 0 Å². The highest BCUT2D eigenvalue weighted by atomic mass is 16.6. The third kappa shape index (κ3) is 5.37. The summed E-state index contributed by atoms with van der Waals surface area (Å²) in [6.45, 7) is 7.48. The molecule has 0 saturated carbocycles. The van der Waals surface area contributed by atoms with Crippen molar-refractivity contribution < 1.29 is 24.2 Å². The van der Waals surface area contributed by atoms with Crippen LogP contribution in [0.15, 0.2) is 36.4 Å². The summed E-state index contributed by atoms with van der Waals surface area (Å²) in [7, 11) is 0. The van der Waals surface area contributed by atoms with E-state index >= 15 is 0 Å². The van der Waals surface area contributed by atoms with E-state index in [9.17, 15) is 14.7 Å². The van der Waals surface area contributed by atoms with Crippen LogP contribution in [0, 0.1) is 0 Å². The van der Waals surface area contributed by atoms with Crippen molar-refractivity contribution in [1.82, 2.24) is 5.32 Å². The number of fused-ring (bicyclic) bond motifs is 1. The number of carbonyl (C=O) groups excluding carboxylic acids is 1. The molecule has 1 amide bonds. The van der Waals surface area contributed by atoms with Crippen molar-refractivity contribution >= 4 is 22.8 Å². The number of carbonyl (C=O) groups is 2. The minimum Gasteiger partial charge on any atom is -0.488 e. The first-order valence-electron chi connectivity index (χ1n) is 8.59. The summed E-state index contributed by atoms with van der Waals surface area (Å²) in [4.78, 5) is 23.4. The molecule has 0 aromatic heterocycles. The maximum atomic E-state index is 11.8. The molecule has 140 valence electrons. The molecule has 0 radical (unpaired) electrons. The van der Waals surface area contributed by atoms with Crippen LogP contribution in [-0.4, -0.2) is 35.4 Å². The SMILES string of the molecule is CC[C@H](CNC(=O)OC(C)(C)C)Oc1cc2ccccc2cc1C(=O)O. The van der Waals surface area contributed by atoms with Gasteiger partial charge in [0.25, 0.3) is 0 Å². The van der Waals surface area contributed by atoms with Gasteiger partial charge in [0.2, 0.25) is 0 Å². The molecule has 6 nitrogen and oxygen atoms in total. The second kappa shape index (κ2) is 8.08. The number of nitrogens with one attached hydrogen (secondary N) is 1. The van der Waals surface area contributed by atoms with Crippen molar-refractivity contribution in [3.05, 3.63) is 42.0 Å². The Morgan fingerprint density at radius 3 is 2.31 bits per heavy atom. The molecule has 0 aliphatic carbocycles. The summed E-state index contributed by atoms with van der Waals surface area (Å²) >= 11 is 0. The zero-order valence-electron chi connectivity index (χ0n) is 15.5. The smallest absolute Gasteiger partial charge is 0.407 e. The van der Waals surface area contributed by atoms with E-state index < -0.39 is 17.7 Å². The predicted octanol–water partition coefficient (Wildman–Crippen LogP) is 4.22. The highest BCUT2D eigenvalue weighted by molar-refractivity contribution is 5.97. The topological polar surface area (TPSA) is 84.9 Å². The van der Waals surface area contributed by atoms with E-state index in [4.69, 9.17) is 9.47 Å². The first-order valence-corrected chi connectivity index (χ1v) is 8.59. The van der Waals surface area contributed by atoms with Crippen LogP contribution in [0.4, 0.5) is 4.79 Å². The molecular weight excluding hydrogens is 334 g/mol. The minimum atomic E-state index is -1.05. The van der Waals surface area contributed by atoms with Gasteiger partial charge in [-0.25, -0.2) is 9.59 Å². The molecule has 6 heteroatoms. The lowest BCUT2D eigenvalue weighted by Crippen LogP contribution is -2.38. The Labute approximate surface area is 153 Å². The first-order chi connectivity index (χ1) is 12.2. The molecule has 2 N–H and O–H groups in total. The lowest BCUT2D eigenvalue weighted by atomic mass is 10.1. The van der Waals surface area contributed by atoms with Crippen LogP contribution in [-0.2, 0) is 4.74 Å². The van der Waals surface area contributed by atoms with E-state index in [0.717, 1.165) is 10.8 Å². The van der Waals surface area contributed by atoms with Gasteiger partial charge in [-0.3, -0.25) is 0 Å². The molecule has 0 bridgehead atoms. The number of ether oxygens (including phenoxy) is 2. The summed E-state index contributed by atoms with van der Waals surface area (Å²) in [6.07, 6.45) is -0.305. The van der Waals surface area contributed by atoms with E-state index in [0.29, 0.717) is 6.42 Å². The highest BCUT2D eigenvalue weighted by Gasteiger charge is 2.20. The van der Waals surface area contributed by atoms with Crippen LogP contribution in [0.25, 0.3) is 10.8 Å². The Bertz CT molecular complexity index is 794. The average Bonchev–Trinajstić information content (AvgIpc) is 2.56. The molecule has 0 fully saturated rings. The number of rotatable bonds is 6. The molecule has 2 rings (SSSR count). The Hall–Kier alpha value is -2.76. The number of amides is 1. The Balaban J connectivity index is 2.15. The molecule has 2 aromatic carbocycles. The lowest BCUT2D eigenvalue weighted by Gasteiger charge is -2.22. The van der Waals surface area contributed by atoms with E-state index in [1.807, 2.05) is 31.2 Å². The molecule has 0 spiro atoms. The van der Waals surface area contributed by atoms with Crippen LogP contribution in [0.5, 0.6) is 5.75 Å². The van der Waals surface area contributed by atoms with Gasteiger partial charge in [0.05, 0.1) is 6.54 Å². The third-order valence-electron chi connectivity index (χ3n) is 3.70. The fourth-order valence-corrected chi connectivity index (χ4v) is 2.44. The van der Waals surface area contributed by atoms with Crippen molar-refractivity contribution in [2.75, 3.05) is 6.54 Å². The normalized spacial score (nSPS) is 12.5. The molecule has 0 aliphatic rings. The van der Waals surface area contributed by atoms with Gasteiger partial charge in [-0.15, -0.1) is 0 Å². The van der Waals surface area contributed by atoms with Crippen molar-refractivity contribution in [3.63, 3.8) is 0 Å². The number of alkyl carbamates (subject to hydrolysis) is 1. The van der Waals surface area contributed by atoms with Crippen molar-refractivity contribution in [3.8, 4) is 5.75 Å². The number of hydrogen-bond acceptors (Lipinski definition) is 4. The highest BCUT2D eigenvalue weighted by Crippen LogP contribution is 2.27. The molecule has 2 aromatic rings. The number of benzene rings is 2. The largest absolute Gasteiger partial charge is 0.488 e. The standard InChI is InChI=1S/C20H25NO5/c1-5-15(12-21-19(24)26-20(2,3)4)25-17-11-14-9-7-6-8-13(14)10-16(17)18(22)23/h6-11,15H,5,12H2,1-4H3,(H,21,24)(H,22,23)/t15-/m1/s1. The molecule has 0 unspecified atom stereocenters. The molecule has 0 aliphatic heterocycles. The van der Waals surface area contributed by atoms with Crippen molar-refractivity contribution in [2.24, 2.45) is 0 Å². The van der Waals surface area contributed by atoms with Gasteiger partial charge in [0.1, 0.15) is 23.0 Å². The van der Waals surface area contributed by atoms with E-state index in [2.05, 4.69) is 5.32 Å². The molecule has 1 atom stereocenters. The number of aromatic carboxylic acids is 1. The Morgan fingerprint density at radius 1 is 1.15 bits per heavy atom. The van der Waals surface area contributed by atoms with Gasteiger partial charge in [0, 0.05) is 0 Å². The number of carboxylic acids is 1. The quantitative estimate of drug-likeness (QED) is 0.806. The summed E-state index contributed by atoms with van der Waals surface area (Å²) in [5.74, 6) is -0.769. The lowest BCUT2D eigenvalue weighted by molar-refractivity contribution is 0.0496. The molecular formula is C20H25NO5.